The number of rotatable bonds is 4. The molecule has 1 aliphatic rings. The molecule has 1 amide bonds. The molecule has 0 radical (unpaired) electrons. The molecule has 0 bridgehead atoms. The molecule has 2 aromatic carbocycles. The summed E-state index contributed by atoms with van der Waals surface area (Å²) >= 11 is 0. The minimum atomic E-state index is -0.962. The van der Waals surface area contributed by atoms with Crippen LogP contribution in [0.5, 0.6) is 5.75 Å². The van der Waals surface area contributed by atoms with Crippen LogP contribution < -0.4 is 5.56 Å². The van der Waals surface area contributed by atoms with E-state index in [1.165, 1.54) is 16.7 Å². The number of carbonyl (C=O) groups excluding carboxylic acids is 1. The molecule has 6 nitrogen and oxygen atoms in total. The van der Waals surface area contributed by atoms with Crippen LogP contribution in [0.1, 0.15) is 35.7 Å². The van der Waals surface area contributed by atoms with E-state index in [2.05, 4.69) is 4.98 Å². The number of aromatic hydroxyl groups is 1. The maximum atomic E-state index is 14.4. The highest BCUT2D eigenvalue weighted by molar-refractivity contribution is 5.95. The quantitative estimate of drug-likeness (QED) is 0.696. The number of hydrogen-bond donors (Lipinski definition) is 1. The summed E-state index contributed by atoms with van der Waals surface area (Å²) < 4.78 is 29.8. The fraction of sp³-hybridized carbons (Fsp3) is 0.261. The minimum Gasteiger partial charge on any atom is -0.501 e. The molecule has 0 aliphatic carbocycles. The van der Waals surface area contributed by atoms with E-state index in [1.807, 2.05) is 13.8 Å². The lowest BCUT2D eigenvalue weighted by Gasteiger charge is -2.34. The molecule has 0 saturated heterocycles. The van der Waals surface area contributed by atoms with Crippen molar-refractivity contribution in [2.45, 2.75) is 32.9 Å². The van der Waals surface area contributed by atoms with Crippen LogP contribution >= 0.6 is 0 Å². The van der Waals surface area contributed by atoms with Gasteiger partial charge in [-0.05, 0) is 31.0 Å². The minimum absolute atomic E-state index is 0.0932. The predicted octanol–water partition coefficient (Wildman–Crippen LogP) is 3.35. The highest BCUT2D eigenvalue weighted by Crippen LogP contribution is 2.30. The number of aromatic nitrogens is 2. The lowest BCUT2D eigenvalue weighted by molar-refractivity contribution is 0.0638. The van der Waals surface area contributed by atoms with Gasteiger partial charge in [-0.15, -0.1) is 0 Å². The smallest absolute Gasteiger partial charge is 0.315 e. The van der Waals surface area contributed by atoms with Gasteiger partial charge in [0.2, 0.25) is 5.75 Å². The van der Waals surface area contributed by atoms with Gasteiger partial charge in [0.1, 0.15) is 5.82 Å². The number of carbonyl (C=O) groups is 1. The maximum absolute atomic E-state index is 14.4. The lowest BCUT2D eigenvalue weighted by Crippen LogP contribution is -2.46. The van der Waals surface area contributed by atoms with E-state index in [0.717, 1.165) is 6.07 Å². The van der Waals surface area contributed by atoms with E-state index < -0.39 is 28.9 Å². The number of nitrogens with zero attached hydrogens (tertiary/aromatic N) is 3. The summed E-state index contributed by atoms with van der Waals surface area (Å²) in [6.45, 7) is 4.47. The van der Waals surface area contributed by atoms with Crippen LogP contribution in [0.3, 0.4) is 0 Å². The standard InChI is InChI=1S/C23H21F2N3O3/c1-13(2)27-10-11-28-18(26-22(30)21(29)20(28)23(27)31)12-14-6-3-4-7-15(14)16-8-5-9-17(24)19(16)25/h3-9,13,29H,10-12H2,1-2H3. The van der Waals surface area contributed by atoms with E-state index in [0.29, 0.717) is 24.2 Å². The third-order valence-electron chi connectivity index (χ3n) is 5.50. The highest BCUT2D eigenvalue weighted by Gasteiger charge is 2.32. The summed E-state index contributed by atoms with van der Waals surface area (Å²) in [5.41, 5.74) is 0.178. The molecule has 0 atom stereocenters. The Balaban J connectivity index is 1.83. The van der Waals surface area contributed by atoms with E-state index in [-0.39, 0.29) is 29.5 Å². The molecule has 0 unspecified atom stereocenters. The number of benzene rings is 2. The van der Waals surface area contributed by atoms with Gasteiger partial charge in [0.05, 0.1) is 0 Å². The average Bonchev–Trinajstić information content (AvgIpc) is 2.74. The Morgan fingerprint density at radius 1 is 1.03 bits per heavy atom. The van der Waals surface area contributed by atoms with Crippen molar-refractivity contribution < 1.29 is 18.7 Å². The Hall–Kier alpha value is -3.55. The van der Waals surface area contributed by atoms with Crippen molar-refractivity contribution in [2.24, 2.45) is 0 Å². The van der Waals surface area contributed by atoms with Crippen molar-refractivity contribution in [1.29, 1.82) is 0 Å². The largest absolute Gasteiger partial charge is 0.501 e. The van der Waals surface area contributed by atoms with E-state index in [9.17, 15) is 23.5 Å². The summed E-state index contributed by atoms with van der Waals surface area (Å²) in [4.78, 5) is 30.8. The van der Waals surface area contributed by atoms with Gasteiger partial charge in [-0.2, -0.15) is 4.98 Å². The van der Waals surface area contributed by atoms with Crippen LogP contribution in [0, 0.1) is 11.6 Å². The molecule has 1 aliphatic heterocycles. The zero-order chi connectivity index (χ0) is 22.3. The Morgan fingerprint density at radius 2 is 1.74 bits per heavy atom. The van der Waals surface area contributed by atoms with Crippen LogP contribution in [-0.2, 0) is 13.0 Å². The van der Waals surface area contributed by atoms with Crippen molar-refractivity contribution in [1.82, 2.24) is 14.5 Å². The van der Waals surface area contributed by atoms with Gasteiger partial charge in [-0.3, -0.25) is 9.59 Å². The van der Waals surface area contributed by atoms with Gasteiger partial charge < -0.3 is 14.6 Å². The zero-order valence-corrected chi connectivity index (χ0v) is 17.1. The molecule has 1 N–H and O–H groups in total. The fourth-order valence-corrected chi connectivity index (χ4v) is 3.94. The molecular formula is C23H21F2N3O3. The molecular weight excluding hydrogens is 404 g/mol. The highest BCUT2D eigenvalue weighted by atomic mass is 19.2. The first-order valence-corrected chi connectivity index (χ1v) is 9.95. The molecule has 31 heavy (non-hydrogen) atoms. The SMILES string of the molecule is CC(C)N1CCn2c(Cc3ccccc3-c3cccc(F)c3F)nc(=O)c(O)c2C1=O. The molecule has 8 heteroatoms. The number of hydrogen-bond acceptors (Lipinski definition) is 4. The van der Waals surface area contributed by atoms with Crippen molar-refractivity contribution in [3.63, 3.8) is 0 Å². The van der Waals surface area contributed by atoms with E-state index in [1.54, 1.807) is 29.2 Å². The van der Waals surface area contributed by atoms with Gasteiger partial charge in [-0.1, -0.05) is 36.4 Å². The molecule has 0 spiro atoms. The predicted molar refractivity (Wildman–Crippen MR) is 111 cm³/mol. The van der Waals surface area contributed by atoms with Crippen molar-refractivity contribution >= 4 is 5.91 Å². The Bertz CT molecular complexity index is 1240. The lowest BCUT2D eigenvalue weighted by atomic mass is 9.96. The van der Waals surface area contributed by atoms with Gasteiger partial charge in [-0.25, -0.2) is 8.78 Å². The normalized spacial score (nSPS) is 13.6. The molecule has 3 aromatic rings. The zero-order valence-electron chi connectivity index (χ0n) is 17.1. The van der Waals surface area contributed by atoms with Crippen LogP contribution in [-0.4, -0.2) is 38.1 Å². The average molecular weight is 425 g/mol. The summed E-state index contributed by atoms with van der Waals surface area (Å²) in [5, 5.41) is 10.3. The Labute approximate surface area is 177 Å². The van der Waals surface area contributed by atoms with E-state index in [4.69, 9.17) is 0 Å². The first-order chi connectivity index (χ1) is 14.8. The fourth-order valence-electron chi connectivity index (χ4n) is 3.94. The van der Waals surface area contributed by atoms with Crippen LogP contribution in [0.4, 0.5) is 8.78 Å². The van der Waals surface area contributed by atoms with Crippen molar-refractivity contribution in [3.8, 4) is 16.9 Å². The van der Waals surface area contributed by atoms with Crippen LogP contribution in [0.15, 0.2) is 47.3 Å². The topological polar surface area (TPSA) is 75.4 Å². The summed E-state index contributed by atoms with van der Waals surface area (Å²) in [7, 11) is 0. The van der Waals surface area contributed by atoms with Gasteiger partial charge >= 0.3 is 5.56 Å². The van der Waals surface area contributed by atoms with Crippen LogP contribution in [0.2, 0.25) is 0 Å². The van der Waals surface area contributed by atoms with E-state index >= 15 is 0 Å². The third kappa shape index (κ3) is 3.58. The second-order valence-electron chi connectivity index (χ2n) is 7.71. The first kappa shape index (κ1) is 20.7. The molecule has 2 heterocycles. The third-order valence-corrected chi connectivity index (χ3v) is 5.50. The molecule has 0 saturated carbocycles. The number of amides is 1. The van der Waals surface area contributed by atoms with Gasteiger partial charge in [0, 0.05) is 31.1 Å². The second-order valence-corrected chi connectivity index (χ2v) is 7.71. The van der Waals surface area contributed by atoms with Gasteiger partial charge in [0.15, 0.2) is 17.3 Å². The molecule has 4 rings (SSSR count). The van der Waals surface area contributed by atoms with Crippen molar-refractivity contribution in [2.75, 3.05) is 6.54 Å². The molecule has 160 valence electrons. The summed E-state index contributed by atoms with van der Waals surface area (Å²) in [6.07, 6.45) is 0.101. The second kappa shape index (κ2) is 7.94. The summed E-state index contributed by atoms with van der Waals surface area (Å²) in [6, 6.07) is 10.7. The number of fused-ring (bicyclic) bond motifs is 1. The first-order valence-electron chi connectivity index (χ1n) is 9.95. The monoisotopic (exact) mass is 425 g/mol. The Kier molecular flexibility index (Phi) is 5.31. The number of halogens is 2. The van der Waals surface area contributed by atoms with Crippen LogP contribution in [0.25, 0.3) is 11.1 Å². The molecule has 1 aromatic heterocycles. The molecule has 0 fully saturated rings. The van der Waals surface area contributed by atoms with Crippen molar-refractivity contribution in [3.05, 3.63) is 81.5 Å². The maximum Gasteiger partial charge on any atom is 0.315 e. The summed E-state index contributed by atoms with van der Waals surface area (Å²) in [5.74, 6) is -2.76. The Morgan fingerprint density at radius 3 is 2.48 bits per heavy atom. The van der Waals surface area contributed by atoms with Gasteiger partial charge in [0.25, 0.3) is 5.91 Å².